The van der Waals surface area contributed by atoms with E-state index in [9.17, 15) is 0 Å². The largest absolute Gasteiger partial charge is 0.312 e. The van der Waals surface area contributed by atoms with Gasteiger partial charge in [0, 0.05) is 51.4 Å². The minimum Gasteiger partial charge on any atom is -0.312 e. The molecule has 1 atom stereocenters. The van der Waals surface area contributed by atoms with Crippen LogP contribution in [0.4, 0.5) is 0 Å². The second-order valence-electron chi connectivity index (χ2n) is 7.29. The molecule has 3 rings (SSSR count). The summed E-state index contributed by atoms with van der Waals surface area (Å²) in [4.78, 5) is 5.31. The molecule has 0 spiro atoms. The zero-order valence-corrected chi connectivity index (χ0v) is 13.5. The molecule has 1 aliphatic heterocycles. The highest BCUT2D eigenvalue weighted by atomic mass is 15.3. The Morgan fingerprint density at radius 1 is 1.00 bits per heavy atom. The highest BCUT2D eigenvalue weighted by Gasteiger charge is 2.40. The molecule has 1 heterocycles. The quantitative estimate of drug-likeness (QED) is 0.735. The van der Waals surface area contributed by atoms with E-state index in [1.54, 1.807) is 0 Å². The maximum Gasteiger partial charge on any atom is 0.0124 e. The normalized spacial score (nSPS) is 27.1. The number of rotatable bonds is 8. The summed E-state index contributed by atoms with van der Waals surface area (Å²) in [6, 6.07) is 1.64. The van der Waals surface area contributed by atoms with Crippen molar-refractivity contribution in [1.82, 2.24) is 15.1 Å². The summed E-state index contributed by atoms with van der Waals surface area (Å²) in [5.41, 5.74) is 0. The van der Waals surface area contributed by atoms with Gasteiger partial charge in [-0.3, -0.25) is 9.80 Å². The Morgan fingerprint density at radius 2 is 1.60 bits per heavy atom. The molecular formula is C17H33N3. The summed E-state index contributed by atoms with van der Waals surface area (Å²) in [5, 5.41) is 3.88. The van der Waals surface area contributed by atoms with Gasteiger partial charge in [-0.15, -0.1) is 0 Å². The molecule has 1 saturated heterocycles. The van der Waals surface area contributed by atoms with Crippen molar-refractivity contribution in [2.75, 3.05) is 39.3 Å². The van der Waals surface area contributed by atoms with Crippen molar-refractivity contribution in [3.05, 3.63) is 0 Å². The van der Waals surface area contributed by atoms with Gasteiger partial charge in [-0.25, -0.2) is 0 Å². The summed E-state index contributed by atoms with van der Waals surface area (Å²) in [6.45, 7) is 12.2. The number of hydrogen-bond acceptors (Lipinski definition) is 3. The average Bonchev–Trinajstić information content (AvgIpc) is 3.37. The summed E-state index contributed by atoms with van der Waals surface area (Å²) < 4.78 is 0. The van der Waals surface area contributed by atoms with Crippen molar-refractivity contribution >= 4 is 0 Å². The first-order chi connectivity index (χ1) is 9.78. The molecule has 2 aliphatic carbocycles. The molecule has 3 nitrogen and oxygen atoms in total. The number of hydrogen-bond donors (Lipinski definition) is 1. The van der Waals surface area contributed by atoms with Crippen LogP contribution in [0.3, 0.4) is 0 Å². The van der Waals surface area contributed by atoms with Crippen LogP contribution in [0.15, 0.2) is 0 Å². The number of piperazine rings is 1. The molecule has 1 N–H and O–H groups in total. The smallest absolute Gasteiger partial charge is 0.0124 e. The molecule has 0 aromatic rings. The number of nitrogens with zero attached hydrogens (tertiary/aromatic N) is 2. The van der Waals surface area contributed by atoms with Gasteiger partial charge in [0.05, 0.1) is 0 Å². The molecule has 2 saturated carbocycles. The van der Waals surface area contributed by atoms with E-state index in [0.29, 0.717) is 0 Å². The molecule has 0 aromatic carbocycles. The lowest BCUT2D eigenvalue weighted by Crippen LogP contribution is -2.51. The van der Waals surface area contributed by atoms with E-state index in [4.69, 9.17) is 0 Å². The fraction of sp³-hybridized carbons (Fsp3) is 1.00. The Morgan fingerprint density at radius 3 is 2.10 bits per heavy atom. The molecule has 0 bridgehead atoms. The fourth-order valence-corrected chi connectivity index (χ4v) is 3.70. The monoisotopic (exact) mass is 279 g/mol. The third kappa shape index (κ3) is 3.96. The Balaban J connectivity index is 1.31. The second kappa shape index (κ2) is 6.76. The lowest BCUT2D eigenvalue weighted by atomic mass is 10.1. The fourth-order valence-electron chi connectivity index (χ4n) is 3.70. The molecular weight excluding hydrogens is 246 g/mol. The Hall–Kier alpha value is -0.120. The third-order valence-electron chi connectivity index (χ3n) is 5.69. The lowest BCUT2D eigenvalue weighted by molar-refractivity contribution is 0.100. The van der Waals surface area contributed by atoms with E-state index in [1.807, 2.05) is 0 Å². The van der Waals surface area contributed by atoms with E-state index in [0.717, 1.165) is 23.9 Å². The van der Waals surface area contributed by atoms with E-state index in [-0.39, 0.29) is 0 Å². The van der Waals surface area contributed by atoms with Gasteiger partial charge in [0.15, 0.2) is 0 Å². The van der Waals surface area contributed by atoms with Gasteiger partial charge in [0.1, 0.15) is 0 Å². The van der Waals surface area contributed by atoms with Crippen LogP contribution in [0.1, 0.15) is 46.0 Å². The molecule has 116 valence electrons. The molecule has 1 unspecified atom stereocenters. The van der Waals surface area contributed by atoms with Crippen LogP contribution >= 0.6 is 0 Å². The molecule has 3 fully saturated rings. The Labute approximate surface area is 125 Å². The standard InChI is InChI=1S/C17H33N3/c1-3-14(2)20-12-10-19(11-13-20)9-8-18-17(15-4-5-15)16-6-7-16/h14-18H,3-13H2,1-2H3. The summed E-state index contributed by atoms with van der Waals surface area (Å²) in [6.07, 6.45) is 7.24. The van der Waals surface area contributed by atoms with Gasteiger partial charge in [0.2, 0.25) is 0 Å². The minimum absolute atomic E-state index is 0.768. The average molecular weight is 279 g/mol. The molecule has 0 amide bonds. The first kappa shape index (κ1) is 14.8. The Bertz CT molecular complexity index is 279. The van der Waals surface area contributed by atoms with Crippen molar-refractivity contribution in [2.45, 2.75) is 58.0 Å². The van der Waals surface area contributed by atoms with Crippen LogP contribution in [-0.4, -0.2) is 61.2 Å². The lowest BCUT2D eigenvalue weighted by Gasteiger charge is -2.38. The zero-order valence-electron chi connectivity index (χ0n) is 13.5. The van der Waals surface area contributed by atoms with Crippen LogP contribution < -0.4 is 5.32 Å². The first-order valence-electron chi connectivity index (χ1n) is 8.97. The maximum absolute atomic E-state index is 3.88. The van der Waals surface area contributed by atoms with Gasteiger partial charge in [-0.1, -0.05) is 6.92 Å². The third-order valence-corrected chi connectivity index (χ3v) is 5.69. The zero-order chi connectivity index (χ0) is 13.9. The topological polar surface area (TPSA) is 18.5 Å². The van der Waals surface area contributed by atoms with Gasteiger partial charge < -0.3 is 5.32 Å². The van der Waals surface area contributed by atoms with Gasteiger partial charge >= 0.3 is 0 Å². The summed E-state index contributed by atoms with van der Waals surface area (Å²) >= 11 is 0. The Kier molecular flexibility index (Phi) is 5.00. The highest BCUT2D eigenvalue weighted by Crippen LogP contribution is 2.44. The predicted molar refractivity (Wildman–Crippen MR) is 85.0 cm³/mol. The van der Waals surface area contributed by atoms with Gasteiger partial charge in [0.25, 0.3) is 0 Å². The first-order valence-corrected chi connectivity index (χ1v) is 8.97. The van der Waals surface area contributed by atoms with Crippen LogP contribution in [0.2, 0.25) is 0 Å². The van der Waals surface area contributed by atoms with Gasteiger partial charge in [-0.2, -0.15) is 0 Å². The van der Waals surface area contributed by atoms with Crippen molar-refractivity contribution in [3.63, 3.8) is 0 Å². The van der Waals surface area contributed by atoms with Gasteiger partial charge in [-0.05, 0) is 50.9 Å². The molecule has 3 heteroatoms. The highest BCUT2D eigenvalue weighted by molar-refractivity contribution is 4.96. The van der Waals surface area contributed by atoms with Crippen LogP contribution in [-0.2, 0) is 0 Å². The van der Waals surface area contributed by atoms with Crippen molar-refractivity contribution in [3.8, 4) is 0 Å². The maximum atomic E-state index is 3.88. The minimum atomic E-state index is 0.768. The van der Waals surface area contributed by atoms with E-state index in [2.05, 4.69) is 29.0 Å². The van der Waals surface area contributed by atoms with Crippen LogP contribution in [0, 0.1) is 11.8 Å². The van der Waals surface area contributed by atoms with Crippen molar-refractivity contribution in [1.29, 1.82) is 0 Å². The van der Waals surface area contributed by atoms with E-state index >= 15 is 0 Å². The summed E-state index contributed by atoms with van der Waals surface area (Å²) in [5.74, 6) is 2.06. The van der Waals surface area contributed by atoms with E-state index in [1.165, 1.54) is 71.4 Å². The second-order valence-corrected chi connectivity index (χ2v) is 7.29. The van der Waals surface area contributed by atoms with Crippen molar-refractivity contribution < 1.29 is 0 Å². The predicted octanol–water partition coefficient (Wildman–Crippen LogP) is 2.18. The summed E-state index contributed by atoms with van der Waals surface area (Å²) in [7, 11) is 0. The number of nitrogens with one attached hydrogen (secondary N) is 1. The van der Waals surface area contributed by atoms with E-state index < -0.39 is 0 Å². The van der Waals surface area contributed by atoms with Crippen LogP contribution in [0.25, 0.3) is 0 Å². The molecule has 0 radical (unpaired) electrons. The van der Waals surface area contributed by atoms with Crippen LogP contribution in [0.5, 0.6) is 0 Å². The molecule has 0 aromatic heterocycles. The molecule has 20 heavy (non-hydrogen) atoms. The molecule has 3 aliphatic rings. The van der Waals surface area contributed by atoms with Crippen molar-refractivity contribution in [2.24, 2.45) is 11.8 Å². The SMILES string of the molecule is CCC(C)N1CCN(CCNC(C2CC2)C2CC2)CC1.